The summed E-state index contributed by atoms with van der Waals surface area (Å²) in [6.45, 7) is 3.30. The molecule has 0 unspecified atom stereocenters. The predicted molar refractivity (Wildman–Crippen MR) is 159 cm³/mol. The Hall–Kier alpha value is -3.74. The fourth-order valence-electron chi connectivity index (χ4n) is 5.13. The molecule has 1 aliphatic rings. The van der Waals surface area contributed by atoms with Crippen LogP contribution in [0.3, 0.4) is 0 Å². The highest BCUT2D eigenvalue weighted by Crippen LogP contribution is 2.26. The highest BCUT2D eigenvalue weighted by Gasteiger charge is 2.22. The molecule has 0 amide bonds. The van der Waals surface area contributed by atoms with E-state index in [-0.39, 0.29) is 6.61 Å². The third-order valence-corrected chi connectivity index (χ3v) is 8.70. The van der Waals surface area contributed by atoms with Gasteiger partial charge in [0, 0.05) is 73.6 Å². The number of aromatic nitrogens is 4. The maximum absolute atomic E-state index is 12.1. The van der Waals surface area contributed by atoms with Gasteiger partial charge < -0.3 is 24.8 Å². The maximum Gasteiger partial charge on any atom is 0.233 e. The number of nitrogens with one attached hydrogen (secondary N) is 1. The molecule has 3 aromatic heterocycles. The molecule has 0 atom stereocenters. The lowest BCUT2D eigenvalue weighted by molar-refractivity contribution is 0.162. The first-order chi connectivity index (χ1) is 19.2. The van der Waals surface area contributed by atoms with E-state index in [0.29, 0.717) is 30.9 Å². The number of anilines is 4. The van der Waals surface area contributed by atoms with Gasteiger partial charge >= 0.3 is 0 Å². The molecule has 12 heteroatoms. The number of aliphatic hydroxyl groups excluding tert-OH is 1. The van der Waals surface area contributed by atoms with Crippen LogP contribution in [0.25, 0.3) is 11.0 Å². The summed E-state index contributed by atoms with van der Waals surface area (Å²) >= 11 is 0. The van der Waals surface area contributed by atoms with Crippen molar-refractivity contribution in [2.45, 2.75) is 25.4 Å². The number of sulfonamides is 1. The van der Waals surface area contributed by atoms with Gasteiger partial charge in [-0.05, 0) is 56.3 Å². The first kappa shape index (κ1) is 27.8. The molecule has 0 aliphatic carbocycles. The van der Waals surface area contributed by atoms with Crippen molar-refractivity contribution in [2.24, 2.45) is 0 Å². The largest absolute Gasteiger partial charge is 0.395 e. The number of aliphatic hydroxyl groups is 1. The van der Waals surface area contributed by atoms with E-state index in [0.717, 1.165) is 54.5 Å². The number of rotatable bonds is 10. The van der Waals surface area contributed by atoms with Crippen molar-refractivity contribution in [3.8, 4) is 0 Å². The molecule has 0 spiro atoms. The van der Waals surface area contributed by atoms with E-state index in [2.05, 4.69) is 44.3 Å². The molecule has 1 fully saturated rings. The van der Waals surface area contributed by atoms with Crippen molar-refractivity contribution in [2.75, 3.05) is 61.1 Å². The second-order valence-corrected chi connectivity index (χ2v) is 12.2. The molecular formula is C28H36N8O3S. The molecule has 5 rings (SSSR count). The van der Waals surface area contributed by atoms with E-state index in [9.17, 15) is 13.5 Å². The average Bonchev–Trinajstić information content (AvgIpc) is 3.35. The zero-order chi connectivity index (χ0) is 28.3. The summed E-state index contributed by atoms with van der Waals surface area (Å²) in [6.07, 6.45) is 8.60. The number of fused-ring (bicyclic) bond motifs is 1. The predicted octanol–water partition coefficient (Wildman–Crippen LogP) is 2.91. The van der Waals surface area contributed by atoms with Crippen LogP contribution in [-0.4, -0.2) is 90.6 Å². The molecule has 4 heterocycles. The molecule has 40 heavy (non-hydrogen) atoms. The minimum absolute atomic E-state index is 0.196. The fraction of sp³-hybridized carbons (Fsp3) is 0.393. The normalized spacial score (nSPS) is 14.7. The SMILES string of the molecule is CN(CCO)C1CCN(c2ccc(Nc3ncc4ccn(Cc5cccnc5N(C)S(C)(=O)=O)c4n3)cc2)CC1. The summed E-state index contributed by atoms with van der Waals surface area (Å²) in [7, 11) is 0.142. The van der Waals surface area contributed by atoms with Gasteiger partial charge in [-0.3, -0.25) is 4.31 Å². The summed E-state index contributed by atoms with van der Waals surface area (Å²) < 4.78 is 27.4. The molecule has 1 saturated heterocycles. The van der Waals surface area contributed by atoms with E-state index in [1.165, 1.54) is 17.0 Å². The number of hydrogen-bond acceptors (Lipinski definition) is 9. The molecule has 0 bridgehead atoms. The third kappa shape index (κ3) is 6.19. The Morgan fingerprint density at radius 1 is 1.07 bits per heavy atom. The number of hydrogen-bond donors (Lipinski definition) is 2. The van der Waals surface area contributed by atoms with E-state index in [4.69, 9.17) is 4.98 Å². The highest BCUT2D eigenvalue weighted by molar-refractivity contribution is 7.92. The van der Waals surface area contributed by atoms with E-state index in [1.54, 1.807) is 18.5 Å². The molecule has 2 N–H and O–H groups in total. The van der Waals surface area contributed by atoms with Crippen molar-refractivity contribution >= 4 is 44.2 Å². The van der Waals surface area contributed by atoms with E-state index in [1.807, 2.05) is 35.0 Å². The topological polar surface area (TPSA) is 120 Å². The van der Waals surface area contributed by atoms with Crippen molar-refractivity contribution in [1.29, 1.82) is 0 Å². The van der Waals surface area contributed by atoms with Crippen LogP contribution in [0.15, 0.2) is 61.1 Å². The van der Waals surface area contributed by atoms with Crippen LogP contribution in [-0.2, 0) is 16.6 Å². The van der Waals surface area contributed by atoms with E-state index < -0.39 is 10.0 Å². The van der Waals surface area contributed by atoms with Gasteiger partial charge in [0.15, 0.2) is 0 Å². The van der Waals surface area contributed by atoms with Crippen molar-refractivity contribution in [3.05, 3.63) is 66.6 Å². The Morgan fingerprint density at radius 2 is 1.82 bits per heavy atom. The summed E-state index contributed by atoms with van der Waals surface area (Å²) in [5, 5.41) is 13.4. The van der Waals surface area contributed by atoms with Gasteiger partial charge in [-0.2, -0.15) is 4.98 Å². The number of nitrogens with zero attached hydrogens (tertiary/aromatic N) is 7. The van der Waals surface area contributed by atoms with Crippen LogP contribution in [0.2, 0.25) is 0 Å². The molecule has 0 saturated carbocycles. The molecular weight excluding hydrogens is 528 g/mol. The second-order valence-electron chi connectivity index (χ2n) is 10.2. The van der Waals surface area contributed by atoms with Crippen LogP contribution >= 0.6 is 0 Å². The number of benzene rings is 1. The van der Waals surface area contributed by atoms with Gasteiger partial charge in [-0.15, -0.1) is 0 Å². The Bertz CT molecular complexity index is 1550. The van der Waals surface area contributed by atoms with Crippen molar-refractivity contribution < 1.29 is 13.5 Å². The molecule has 4 aromatic rings. The number of pyridine rings is 1. The first-order valence-corrected chi connectivity index (χ1v) is 15.2. The maximum atomic E-state index is 12.1. The van der Waals surface area contributed by atoms with Crippen LogP contribution in [0.4, 0.5) is 23.1 Å². The minimum atomic E-state index is -3.45. The Morgan fingerprint density at radius 3 is 2.52 bits per heavy atom. The molecule has 11 nitrogen and oxygen atoms in total. The zero-order valence-electron chi connectivity index (χ0n) is 23.1. The fourth-order valence-corrected chi connectivity index (χ4v) is 5.60. The van der Waals surface area contributed by atoms with Crippen LogP contribution < -0.4 is 14.5 Å². The number of likely N-dealkylation sites (N-methyl/N-ethyl adjacent to an activating group) is 1. The summed E-state index contributed by atoms with van der Waals surface area (Å²) in [5.41, 5.74) is 3.58. The molecule has 0 radical (unpaired) electrons. The summed E-state index contributed by atoms with van der Waals surface area (Å²) in [5.74, 6) is 0.869. The Labute approximate surface area is 235 Å². The molecule has 212 valence electrons. The smallest absolute Gasteiger partial charge is 0.233 e. The molecule has 1 aromatic carbocycles. The third-order valence-electron chi connectivity index (χ3n) is 7.54. The monoisotopic (exact) mass is 564 g/mol. The summed E-state index contributed by atoms with van der Waals surface area (Å²) in [6, 6.07) is 14.4. The van der Waals surface area contributed by atoms with E-state index >= 15 is 0 Å². The average molecular weight is 565 g/mol. The lowest BCUT2D eigenvalue weighted by Gasteiger charge is -2.37. The van der Waals surface area contributed by atoms with Gasteiger partial charge in [0.25, 0.3) is 0 Å². The van der Waals surface area contributed by atoms with Crippen LogP contribution in [0, 0.1) is 0 Å². The highest BCUT2D eigenvalue weighted by atomic mass is 32.2. The van der Waals surface area contributed by atoms with Crippen molar-refractivity contribution in [1.82, 2.24) is 24.4 Å². The second kappa shape index (κ2) is 11.8. The van der Waals surface area contributed by atoms with Crippen LogP contribution in [0.1, 0.15) is 18.4 Å². The van der Waals surface area contributed by atoms with Crippen molar-refractivity contribution in [3.63, 3.8) is 0 Å². The van der Waals surface area contributed by atoms with Gasteiger partial charge in [-0.1, -0.05) is 6.07 Å². The van der Waals surface area contributed by atoms with Gasteiger partial charge in [-0.25, -0.2) is 18.4 Å². The standard InChI is InChI=1S/C28H36N8O3S/c1-33(17-18-37)24-11-15-35(16-12-24)25-8-6-23(7-9-25)31-28-30-19-21-10-14-36(27(21)32-28)20-22-5-4-13-29-26(22)34(2)40(3,38)39/h4-10,13-14,19,24,37H,11-12,15-18,20H2,1-3H3,(H,30,31,32). The first-order valence-electron chi connectivity index (χ1n) is 13.4. The Balaban J connectivity index is 1.28. The number of piperidine rings is 1. The van der Waals surface area contributed by atoms with Gasteiger partial charge in [0.2, 0.25) is 16.0 Å². The van der Waals surface area contributed by atoms with Gasteiger partial charge in [0.1, 0.15) is 11.5 Å². The lowest BCUT2D eigenvalue weighted by atomic mass is 10.0. The lowest BCUT2D eigenvalue weighted by Crippen LogP contribution is -2.44. The summed E-state index contributed by atoms with van der Waals surface area (Å²) in [4.78, 5) is 18.2. The Kier molecular flexibility index (Phi) is 8.19. The van der Waals surface area contributed by atoms with Gasteiger partial charge in [0.05, 0.1) is 19.4 Å². The zero-order valence-corrected chi connectivity index (χ0v) is 23.9. The molecule has 1 aliphatic heterocycles. The minimum Gasteiger partial charge on any atom is -0.395 e. The quantitative estimate of drug-likeness (QED) is 0.300. The van der Waals surface area contributed by atoms with Crippen LogP contribution in [0.5, 0.6) is 0 Å².